The Bertz CT molecular complexity index is 730. The van der Waals surface area contributed by atoms with E-state index in [4.69, 9.17) is 11.6 Å². The van der Waals surface area contributed by atoms with E-state index in [1.807, 2.05) is 24.3 Å². The lowest BCUT2D eigenvalue weighted by atomic mass is 9.87. The third kappa shape index (κ3) is 4.32. The molecule has 5 heteroatoms. The SMILES string of the molecule is CC(C)(C)c1ccc(CNS(=O)(=O)c2ccc(Cl)cc2)cc1. The minimum absolute atomic E-state index is 0.0847. The van der Waals surface area contributed by atoms with Gasteiger partial charge in [0.25, 0.3) is 0 Å². The molecule has 0 saturated heterocycles. The fourth-order valence-electron chi connectivity index (χ4n) is 2.00. The van der Waals surface area contributed by atoms with Crippen molar-refractivity contribution in [3.05, 3.63) is 64.7 Å². The Balaban J connectivity index is 2.07. The molecule has 0 spiro atoms. The van der Waals surface area contributed by atoms with Crippen LogP contribution in [0.5, 0.6) is 0 Å². The highest BCUT2D eigenvalue weighted by Crippen LogP contribution is 2.22. The topological polar surface area (TPSA) is 46.2 Å². The molecular weight excluding hydrogens is 318 g/mol. The third-order valence-corrected chi connectivity index (χ3v) is 5.08. The first-order chi connectivity index (χ1) is 10.2. The molecule has 0 atom stereocenters. The molecule has 3 nitrogen and oxygen atoms in total. The summed E-state index contributed by atoms with van der Waals surface area (Å²) in [6, 6.07) is 14.1. The normalized spacial score (nSPS) is 12.4. The largest absolute Gasteiger partial charge is 0.240 e. The number of rotatable bonds is 4. The summed E-state index contributed by atoms with van der Waals surface area (Å²) < 4.78 is 27.0. The summed E-state index contributed by atoms with van der Waals surface area (Å²) in [4.78, 5) is 0.211. The average Bonchev–Trinajstić information content (AvgIpc) is 2.45. The molecule has 2 aromatic carbocycles. The van der Waals surface area contributed by atoms with Gasteiger partial charge in [0.05, 0.1) is 4.90 Å². The lowest BCUT2D eigenvalue weighted by molar-refractivity contribution is 0.580. The van der Waals surface area contributed by atoms with E-state index in [1.165, 1.54) is 17.7 Å². The van der Waals surface area contributed by atoms with Crippen LogP contribution >= 0.6 is 11.6 Å². The predicted octanol–water partition coefficient (Wildman–Crippen LogP) is 4.12. The molecule has 0 unspecified atom stereocenters. The van der Waals surface area contributed by atoms with Crippen LogP contribution in [0.15, 0.2) is 53.4 Å². The summed E-state index contributed by atoms with van der Waals surface area (Å²) in [5, 5.41) is 0.511. The molecule has 1 N–H and O–H groups in total. The fraction of sp³-hybridized carbons (Fsp3) is 0.294. The maximum Gasteiger partial charge on any atom is 0.240 e. The Morgan fingerprint density at radius 3 is 2.00 bits per heavy atom. The summed E-state index contributed by atoms with van der Waals surface area (Å²) >= 11 is 5.77. The van der Waals surface area contributed by atoms with Crippen LogP contribution < -0.4 is 4.72 Å². The maximum absolute atomic E-state index is 12.2. The maximum atomic E-state index is 12.2. The van der Waals surface area contributed by atoms with Crippen LogP contribution in [0.1, 0.15) is 31.9 Å². The van der Waals surface area contributed by atoms with Gasteiger partial charge in [0.15, 0.2) is 0 Å². The number of hydrogen-bond acceptors (Lipinski definition) is 2. The fourth-order valence-corrected chi connectivity index (χ4v) is 3.14. The van der Waals surface area contributed by atoms with Crippen LogP contribution in [0.3, 0.4) is 0 Å². The lowest BCUT2D eigenvalue weighted by Gasteiger charge is -2.19. The van der Waals surface area contributed by atoms with Gasteiger partial charge < -0.3 is 0 Å². The molecule has 2 rings (SSSR count). The zero-order valence-corrected chi connectivity index (χ0v) is 14.5. The van der Waals surface area contributed by atoms with Gasteiger partial charge >= 0.3 is 0 Å². The number of sulfonamides is 1. The van der Waals surface area contributed by atoms with Crippen LogP contribution in [0.2, 0.25) is 5.02 Å². The van der Waals surface area contributed by atoms with Crippen LogP contribution in [0, 0.1) is 0 Å². The lowest BCUT2D eigenvalue weighted by Crippen LogP contribution is -2.23. The van der Waals surface area contributed by atoms with Crippen LogP contribution in [0.4, 0.5) is 0 Å². The van der Waals surface area contributed by atoms with E-state index in [9.17, 15) is 8.42 Å². The molecule has 0 aliphatic heterocycles. The minimum atomic E-state index is -3.52. The van der Waals surface area contributed by atoms with Crippen LogP contribution in [-0.4, -0.2) is 8.42 Å². The van der Waals surface area contributed by atoms with E-state index in [0.29, 0.717) is 5.02 Å². The zero-order chi connectivity index (χ0) is 16.4. The minimum Gasteiger partial charge on any atom is -0.207 e. The molecular formula is C17H20ClNO2S. The summed E-state index contributed by atoms with van der Waals surface area (Å²) in [5.74, 6) is 0. The molecule has 2 aromatic rings. The summed E-state index contributed by atoms with van der Waals surface area (Å²) in [6.07, 6.45) is 0. The quantitative estimate of drug-likeness (QED) is 0.912. The molecule has 0 amide bonds. The second kappa shape index (κ2) is 6.41. The van der Waals surface area contributed by atoms with Gasteiger partial charge in [-0.3, -0.25) is 0 Å². The molecule has 0 aromatic heterocycles. The van der Waals surface area contributed by atoms with E-state index < -0.39 is 10.0 Å². The third-order valence-electron chi connectivity index (χ3n) is 3.41. The summed E-state index contributed by atoms with van der Waals surface area (Å²) in [6.45, 7) is 6.69. The van der Waals surface area contributed by atoms with Gasteiger partial charge in [0.2, 0.25) is 10.0 Å². The van der Waals surface area contributed by atoms with Crippen molar-refractivity contribution in [1.82, 2.24) is 4.72 Å². The number of halogens is 1. The van der Waals surface area contributed by atoms with Gasteiger partial charge in [-0.15, -0.1) is 0 Å². The highest BCUT2D eigenvalue weighted by atomic mass is 35.5. The predicted molar refractivity (Wildman–Crippen MR) is 90.6 cm³/mol. The van der Waals surface area contributed by atoms with E-state index in [1.54, 1.807) is 12.1 Å². The van der Waals surface area contributed by atoms with Crippen molar-refractivity contribution < 1.29 is 8.42 Å². The monoisotopic (exact) mass is 337 g/mol. The van der Waals surface area contributed by atoms with Crippen molar-refractivity contribution in [2.45, 2.75) is 37.6 Å². The van der Waals surface area contributed by atoms with Gasteiger partial charge in [0, 0.05) is 11.6 Å². The van der Waals surface area contributed by atoms with Gasteiger partial charge in [-0.2, -0.15) is 0 Å². The van der Waals surface area contributed by atoms with Crippen molar-refractivity contribution >= 4 is 21.6 Å². The van der Waals surface area contributed by atoms with Crippen molar-refractivity contribution in [3.63, 3.8) is 0 Å². The molecule has 0 heterocycles. The molecule has 0 fully saturated rings. The summed E-state index contributed by atoms with van der Waals surface area (Å²) in [7, 11) is -3.52. The van der Waals surface area contributed by atoms with Gasteiger partial charge in [0.1, 0.15) is 0 Å². The first kappa shape index (κ1) is 17.0. The Morgan fingerprint density at radius 1 is 0.955 bits per heavy atom. The molecule has 22 heavy (non-hydrogen) atoms. The molecule has 0 radical (unpaired) electrons. The molecule has 0 aliphatic rings. The van der Waals surface area contributed by atoms with E-state index in [0.717, 1.165) is 5.56 Å². The number of hydrogen-bond donors (Lipinski definition) is 1. The van der Waals surface area contributed by atoms with E-state index in [-0.39, 0.29) is 16.9 Å². The van der Waals surface area contributed by atoms with Crippen LogP contribution in [0.25, 0.3) is 0 Å². The second-order valence-corrected chi connectivity index (χ2v) is 8.43. The number of benzene rings is 2. The Labute approximate surface area is 137 Å². The van der Waals surface area contributed by atoms with Gasteiger partial charge in [-0.05, 0) is 40.8 Å². The average molecular weight is 338 g/mol. The van der Waals surface area contributed by atoms with E-state index in [2.05, 4.69) is 25.5 Å². The zero-order valence-electron chi connectivity index (χ0n) is 12.9. The Hall–Kier alpha value is -1.36. The first-order valence-corrected chi connectivity index (χ1v) is 8.89. The smallest absolute Gasteiger partial charge is 0.207 e. The standard InChI is InChI=1S/C17H20ClNO2S/c1-17(2,3)14-6-4-13(5-7-14)12-19-22(20,21)16-10-8-15(18)9-11-16/h4-11,19H,12H2,1-3H3. The van der Waals surface area contributed by atoms with Gasteiger partial charge in [-0.1, -0.05) is 56.6 Å². The highest BCUT2D eigenvalue weighted by Gasteiger charge is 2.15. The Morgan fingerprint density at radius 2 is 1.50 bits per heavy atom. The van der Waals surface area contributed by atoms with Gasteiger partial charge in [-0.25, -0.2) is 13.1 Å². The van der Waals surface area contributed by atoms with Crippen molar-refractivity contribution in [2.24, 2.45) is 0 Å². The van der Waals surface area contributed by atoms with E-state index >= 15 is 0 Å². The van der Waals surface area contributed by atoms with Crippen molar-refractivity contribution in [2.75, 3.05) is 0 Å². The van der Waals surface area contributed by atoms with Crippen molar-refractivity contribution in [1.29, 1.82) is 0 Å². The Kier molecular flexibility index (Phi) is 4.95. The summed E-state index contributed by atoms with van der Waals surface area (Å²) in [5.41, 5.74) is 2.23. The molecule has 118 valence electrons. The molecule has 0 bridgehead atoms. The van der Waals surface area contributed by atoms with Crippen molar-refractivity contribution in [3.8, 4) is 0 Å². The second-order valence-electron chi connectivity index (χ2n) is 6.23. The number of nitrogens with one attached hydrogen (secondary N) is 1. The highest BCUT2D eigenvalue weighted by molar-refractivity contribution is 7.89. The molecule has 0 aliphatic carbocycles. The van der Waals surface area contributed by atoms with Crippen LogP contribution in [-0.2, 0) is 22.0 Å². The molecule has 0 saturated carbocycles. The first-order valence-electron chi connectivity index (χ1n) is 7.03.